The van der Waals surface area contributed by atoms with Gasteiger partial charge < -0.3 is 4.98 Å². The fourth-order valence-electron chi connectivity index (χ4n) is 1.38. The molecular weight excluding hydrogens is 164 g/mol. The number of carbonyl (C=O) groups is 1. The van der Waals surface area contributed by atoms with Gasteiger partial charge >= 0.3 is 0 Å². The smallest absolute Gasteiger partial charge is 0.164 e. The number of pyridine rings is 1. The standard InChI is InChI=1S/C10H10N2O/c1-2-10(13)8-6-12-9-3-4-11-5-7(8)9/h3-6,12H,2H2,1H3. The molecule has 2 heterocycles. The first-order valence-electron chi connectivity index (χ1n) is 4.27. The molecule has 0 amide bonds. The summed E-state index contributed by atoms with van der Waals surface area (Å²) < 4.78 is 0. The Kier molecular flexibility index (Phi) is 1.85. The van der Waals surface area contributed by atoms with Crippen molar-refractivity contribution in [3.63, 3.8) is 0 Å². The van der Waals surface area contributed by atoms with Crippen molar-refractivity contribution in [3.8, 4) is 0 Å². The minimum atomic E-state index is 0.152. The molecule has 0 fully saturated rings. The molecule has 0 saturated carbocycles. The number of rotatable bonds is 2. The Morgan fingerprint density at radius 1 is 1.62 bits per heavy atom. The van der Waals surface area contributed by atoms with Crippen LogP contribution in [0.3, 0.4) is 0 Å². The highest BCUT2D eigenvalue weighted by Crippen LogP contribution is 2.17. The van der Waals surface area contributed by atoms with Gasteiger partial charge in [-0.2, -0.15) is 0 Å². The second-order valence-electron chi connectivity index (χ2n) is 2.90. The highest BCUT2D eigenvalue weighted by Gasteiger charge is 2.08. The molecule has 13 heavy (non-hydrogen) atoms. The zero-order valence-corrected chi connectivity index (χ0v) is 7.37. The zero-order chi connectivity index (χ0) is 9.26. The molecule has 66 valence electrons. The van der Waals surface area contributed by atoms with E-state index in [0.29, 0.717) is 6.42 Å². The van der Waals surface area contributed by atoms with E-state index in [2.05, 4.69) is 9.97 Å². The van der Waals surface area contributed by atoms with Crippen molar-refractivity contribution in [3.05, 3.63) is 30.2 Å². The molecule has 0 atom stereocenters. The summed E-state index contributed by atoms with van der Waals surface area (Å²) in [6.07, 6.45) is 5.70. The Labute approximate surface area is 75.8 Å². The normalized spacial score (nSPS) is 10.5. The molecular formula is C10H10N2O. The van der Waals surface area contributed by atoms with E-state index >= 15 is 0 Å². The van der Waals surface area contributed by atoms with Gasteiger partial charge in [-0.1, -0.05) is 6.92 Å². The number of nitrogens with one attached hydrogen (secondary N) is 1. The number of hydrogen-bond donors (Lipinski definition) is 1. The van der Waals surface area contributed by atoms with Crippen molar-refractivity contribution in [2.45, 2.75) is 13.3 Å². The first kappa shape index (κ1) is 7.98. The SMILES string of the molecule is CCC(=O)c1c[nH]c2ccncc12. The largest absolute Gasteiger partial charge is 0.360 e. The van der Waals surface area contributed by atoms with Crippen molar-refractivity contribution in [1.82, 2.24) is 9.97 Å². The molecule has 0 saturated heterocycles. The summed E-state index contributed by atoms with van der Waals surface area (Å²) in [5, 5.41) is 0.911. The molecule has 0 aliphatic carbocycles. The van der Waals surface area contributed by atoms with E-state index in [0.717, 1.165) is 16.5 Å². The Morgan fingerprint density at radius 3 is 3.23 bits per heavy atom. The topological polar surface area (TPSA) is 45.8 Å². The molecule has 0 radical (unpaired) electrons. The molecule has 3 heteroatoms. The highest BCUT2D eigenvalue weighted by molar-refractivity contribution is 6.07. The van der Waals surface area contributed by atoms with Gasteiger partial charge in [-0.3, -0.25) is 9.78 Å². The van der Waals surface area contributed by atoms with Crippen LogP contribution in [0, 0.1) is 0 Å². The van der Waals surface area contributed by atoms with Crippen molar-refractivity contribution >= 4 is 16.7 Å². The van der Waals surface area contributed by atoms with Gasteiger partial charge in [-0.25, -0.2) is 0 Å². The number of fused-ring (bicyclic) bond motifs is 1. The second-order valence-corrected chi connectivity index (χ2v) is 2.90. The third kappa shape index (κ3) is 1.22. The second kappa shape index (κ2) is 3.01. The lowest BCUT2D eigenvalue weighted by atomic mass is 10.1. The Hall–Kier alpha value is -1.64. The lowest BCUT2D eigenvalue weighted by molar-refractivity contribution is 0.0990. The Bertz CT molecular complexity index is 445. The van der Waals surface area contributed by atoms with Crippen LogP contribution < -0.4 is 0 Å². The van der Waals surface area contributed by atoms with E-state index < -0.39 is 0 Å². The molecule has 0 aliphatic rings. The zero-order valence-electron chi connectivity index (χ0n) is 7.37. The van der Waals surface area contributed by atoms with Crippen LogP contribution in [-0.4, -0.2) is 15.8 Å². The Balaban J connectivity index is 2.64. The van der Waals surface area contributed by atoms with E-state index in [1.54, 1.807) is 18.6 Å². The number of aromatic amines is 1. The summed E-state index contributed by atoms with van der Waals surface area (Å²) >= 11 is 0. The van der Waals surface area contributed by atoms with Gasteiger partial charge in [0, 0.05) is 41.5 Å². The van der Waals surface area contributed by atoms with Crippen LogP contribution in [-0.2, 0) is 0 Å². The summed E-state index contributed by atoms with van der Waals surface area (Å²) in [5.41, 5.74) is 1.71. The molecule has 0 unspecified atom stereocenters. The number of ketones is 1. The van der Waals surface area contributed by atoms with Crippen LogP contribution >= 0.6 is 0 Å². The maximum absolute atomic E-state index is 11.4. The maximum Gasteiger partial charge on any atom is 0.164 e. The van der Waals surface area contributed by atoms with Gasteiger partial charge in [0.1, 0.15) is 0 Å². The van der Waals surface area contributed by atoms with Gasteiger partial charge in [0.2, 0.25) is 0 Å². The summed E-state index contributed by atoms with van der Waals surface area (Å²) in [7, 11) is 0. The molecule has 0 aromatic carbocycles. The van der Waals surface area contributed by atoms with Gasteiger partial charge in [0.15, 0.2) is 5.78 Å². The van der Waals surface area contributed by atoms with Crippen LogP contribution in [0.5, 0.6) is 0 Å². The predicted molar refractivity (Wildman–Crippen MR) is 50.7 cm³/mol. The van der Waals surface area contributed by atoms with Crippen LogP contribution in [0.2, 0.25) is 0 Å². The van der Waals surface area contributed by atoms with E-state index in [9.17, 15) is 4.79 Å². The average Bonchev–Trinajstić information content (AvgIpc) is 2.60. The van der Waals surface area contributed by atoms with Gasteiger partial charge in [-0.05, 0) is 6.07 Å². The third-order valence-corrected chi connectivity index (χ3v) is 2.10. The van der Waals surface area contributed by atoms with E-state index in [4.69, 9.17) is 0 Å². The number of hydrogen-bond acceptors (Lipinski definition) is 2. The van der Waals surface area contributed by atoms with Crippen LogP contribution in [0.1, 0.15) is 23.7 Å². The van der Waals surface area contributed by atoms with Crippen LogP contribution in [0.15, 0.2) is 24.7 Å². The molecule has 0 spiro atoms. The Morgan fingerprint density at radius 2 is 2.46 bits per heavy atom. The predicted octanol–water partition coefficient (Wildman–Crippen LogP) is 2.16. The fraction of sp³-hybridized carbons (Fsp3) is 0.200. The molecule has 2 aromatic heterocycles. The lowest BCUT2D eigenvalue weighted by Gasteiger charge is -1.92. The first-order chi connectivity index (χ1) is 6.33. The van der Waals surface area contributed by atoms with Crippen molar-refractivity contribution in [1.29, 1.82) is 0 Å². The number of aromatic nitrogens is 2. The lowest BCUT2D eigenvalue weighted by Crippen LogP contribution is -1.94. The quantitative estimate of drug-likeness (QED) is 0.709. The van der Waals surface area contributed by atoms with Crippen molar-refractivity contribution in [2.24, 2.45) is 0 Å². The van der Waals surface area contributed by atoms with E-state index in [1.165, 1.54) is 0 Å². The summed E-state index contributed by atoms with van der Waals surface area (Å²) in [5.74, 6) is 0.152. The number of H-pyrrole nitrogens is 1. The maximum atomic E-state index is 11.4. The van der Waals surface area contributed by atoms with Gasteiger partial charge in [0.05, 0.1) is 0 Å². The molecule has 3 nitrogen and oxygen atoms in total. The van der Waals surface area contributed by atoms with E-state index in [1.807, 2.05) is 13.0 Å². The summed E-state index contributed by atoms with van der Waals surface area (Å²) in [4.78, 5) is 18.5. The molecule has 2 rings (SSSR count). The molecule has 2 aromatic rings. The fourth-order valence-corrected chi connectivity index (χ4v) is 1.38. The number of nitrogens with zero attached hydrogens (tertiary/aromatic N) is 1. The van der Waals surface area contributed by atoms with Gasteiger partial charge in [0.25, 0.3) is 0 Å². The van der Waals surface area contributed by atoms with Gasteiger partial charge in [-0.15, -0.1) is 0 Å². The average molecular weight is 174 g/mol. The number of Topliss-reactive ketones (excluding diaryl/α,β-unsaturated/α-hetero) is 1. The van der Waals surface area contributed by atoms with Crippen LogP contribution in [0.25, 0.3) is 10.9 Å². The molecule has 0 bridgehead atoms. The van der Waals surface area contributed by atoms with Crippen LogP contribution in [0.4, 0.5) is 0 Å². The van der Waals surface area contributed by atoms with Crippen molar-refractivity contribution in [2.75, 3.05) is 0 Å². The highest BCUT2D eigenvalue weighted by atomic mass is 16.1. The summed E-state index contributed by atoms with van der Waals surface area (Å²) in [6.45, 7) is 1.86. The molecule has 1 N–H and O–H groups in total. The minimum Gasteiger partial charge on any atom is -0.360 e. The van der Waals surface area contributed by atoms with Crippen molar-refractivity contribution < 1.29 is 4.79 Å². The number of carbonyl (C=O) groups excluding carboxylic acids is 1. The van der Waals surface area contributed by atoms with E-state index in [-0.39, 0.29) is 5.78 Å². The monoisotopic (exact) mass is 174 g/mol. The summed E-state index contributed by atoms with van der Waals surface area (Å²) in [6, 6.07) is 1.86. The molecule has 0 aliphatic heterocycles. The first-order valence-corrected chi connectivity index (χ1v) is 4.27. The minimum absolute atomic E-state index is 0.152. The third-order valence-electron chi connectivity index (χ3n) is 2.10.